The van der Waals surface area contributed by atoms with Crippen LogP contribution in [-0.4, -0.2) is 50.0 Å². The van der Waals surface area contributed by atoms with Crippen LogP contribution in [0.25, 0.3) is 5.82 Å². The van der Waals surface area contributed by atoms with Crippen LogP contribution in [0.5, 0.6) is 0 Å². The van der Waals surface area contributed by atoms with Gasteiger partial charge in [-0.1, -0.05) is 0 Å². The van der Waals surface area contributed by atoms with Crippen LogP contribution in [0, 0.1) is 12.3 Å². The van der Waals surface area contributed by atoms with Gasteiger partial charge in [0.05, 0.1) is 18.5 Å². The molecular formula is C16H21N5O2. The normalized spacial score (nSPS) is 26.0. The van der Waals surface area contributed by atoms with E-state index in [-0.39, 0.29) is 17.6 Å². The van der Waals surface area contributed by atoms with Crippen molar-refractivity contribution < 1.29 is 9.84 Å². The third-order valence-corrected chi connectivity index (χ3v) is 5.26. The second-order valence-corrected chi connectivity index (χ2v) is 6.40. The number of aromatic nitrogens is 4. The summed E-state index contributed by atoms with van der Waals surface area (Å²) in [5, 5.41) is 13.7. The summed E-state index contributed by atoms with van der Waals surface area (Å²) in [6, 6.07) is 0.217. The molecule has 0 bridgehead atoms. The third kappa shape index (κ3) is 2.40. The second kappa shape index (κ2) is 5.58. The molecule has 1 spiro atoms. The molecule has 2 N–H and O–H groups in total. The molecule has 2 atom stereocenters. The Morgan fingerprint density at radius 1 is 1.35 bits per heavy atom. The molecule has 0 aromatic carbocycles. The Kier molecular flexibility index (Phi) is 3.54. The number of hydrogen-bond donors (Lipinski definition) is 2. The minimum Gasteiger partial charge on any atom is -0.392 e. The standard InChI is InChI=1S/C16H21N5O2/c1-11-18-4-5-21(11)15-10-17-9-14(20-15)19-12-8-13(22)16(12)2-6-23-7-3-16/h4-5,9-10,12-13,22H,2-3,6-8H2,1H3,(H,19,20)/t12-,13-/m1/s1. The SMILES string of the molecule is Cc1nccn1-c1cncc(N[C@@H]2C[C@@H](O)C23CCOCC3)n1. The Hall–Kier alpha value is -1.99. The highest BCUT2D eigenvalue weighted by Gasteiger charge is 2.54. The van der Waals surface area contributed by atoms with Gasteiger partial charge in [-0.2, -0.15) is 0 Å². The van der Waals surface area contributed by atoms with Gasteiger partial charge in [-0.3, -0.25) is 9.55 Å². The van der Waals surface area contributed by atoms with Gasteiger partial charge >= 0.3 is 0 Å². The van der Waals surface area contributed by atoms with E-state index < -0.39 is 0 Å². The van der Waals surface area contributed by atoms with Crippen molar-refractivity contribution in [2.75, 3.05) is 18.5 Å². The molecule has 1 aliphatic heterocycles. The number of anilines is 1. The lowest BCUT2D eigenvalue weighted by Gasteiger charge is -2.55. The monoisotopic (exact) mass is 315 g/mol. The Morgan fingerprint density at radius 3 is 2.87 bits per heavy atom. The highest BCUT2D eigenvalue weighted by Crippen LogP contribution is 2.50. The van der Waals surface area contributed by atoms with E-state index in [9.17, 15) is 5.11 Å². The first kappa shape index (κ1) is 14.6. The Balaban J connectivity index is 1.54. The lowest BCUT2D eigenvalue weighted by molar-refractivity contribution is -0.133. The Morgan fingerprint density at radius 2 is 2.17 bits per heavy atom. The zero-order valence-electron chi connectivity index (χ0n) is 13.1. The first-order valence-electron chi connectivity index (χ1n) is 8.04. The van der Waals surface area contributed by atoms with Gasteiger partial charge in [-0.15, -0.1) is 0 Å². The van der Waals surface area contributed by atoms with Gasteiger partial charge in [-0.25, -0.2) is 9.97 Å². The van der Waals surface area contributed by atoms with Crippen molar-refractivity contribution >= 4 is 5.82 Å². The van der Waals surface area contributed by atoms with E-state index in [0.717, 1.165) is 49.9 Å². The van der Waals surface area contributed by atoms with Crippen LogP contribution in [0.2, 0.25) is 0 Å². The van der Waals surface area contributed by atoms with Crippen molar-refractivity contribution in [1.29, 1.82) is 0 Å². The van der Waals surface area contributed by atoms with Gasteiger partial charge in [0.1, 0.15) is 11.6 Å². The zero-order valence-corrected chi connectivity index (χ0v) is 13.1. The van der Waals surface area contributed by atoms with Crippen LogP contribution in [0.1, 0.15) is 25.1 Å². The van der Waals surface area contributed by atoms with Crippen LogP contribution in [0.15, 0.2) is 24.8 Å². The molecular weight excluding hydrogens is 294 g/mol. The molecule has 23 heavy (non-hydrogen) atoms. The maximum atomic E-state index is 10.3. The summed E-state index contributed by atoms with van der Waals surface area (Å²) in [6.07, 6.45) is 9.34. The molecule has 0 unspecified atom stereocenters. The molecule has 4 rings (SSSR count). The average Bonchev–Trinajstić information content (AvgIpc) is 3.02. The molecule has 122 valence electrons. The van der Waals surface area contributed by atoms with E-state index in [1.807, 2.05) is 17.7 Å². The molecule has 2 aromatic heterocycles. The van der Waals surface area contributed by atoms with Gasteiger partial charge in [0.2, 0.25) is 0 Å². The predicted molar refractivity (Wildman–Crippen MR) is 84.4 cm³/mol. The third-order valence-electron chi connectivity index (χ3n) is 5.26. The summed E-state index contributed by atoms with van der Waals surface area (Å²) < 4.78 is 7.35. The average molecular weight is 315 g/mol. The number of imidazole rings is 1. The highest BCUT2D eigenvalue weighted by molar-refractivity contribution is 5.39. The van der Waals surface area contributed by atoms with Crippen molar-refractivity contribution in [1.82, 2.24) is 19.5 Å². The lowest BCUT2D eigenvalue weighted by atomic mass is 9.58. The van der Waals surface area contributed by atoms with Gasteiger partial charge in [0.25, 0.3) is 0 Å². The molecule has 3 heterocycles. The molecule has 1 aliphatic carbocycles. The van der Waals surface area contributed by atoms with E-state index in [4.69, 9.17) is 4.74 Å². The van der Waals surface area contributed by atoms with Gasteiger partial charge in [0, 0.05) is 37.1 Å². The number of aliphatic hydroxyl groups excluding tert-OH is 1. The molecule has 2 fully saturated rings. The Labute approximate surface area is 134 Å². The number of rotatable bonds is 3. The van der Waals surface area contributed by atoms with Crippen LogP contribution in [-0.2, 0) is 4.74 Å². The summed E-state index contributed by atoms with van der Waals surface area (Å²) in [5.74, 6) is 2.35. The molecule has 1 saturated carbocycles. The summed E-state index contributed by atoms with van der Waals surface area (Å²) >= 11 is 0. The highest BCUT2D eigenvalue weighted by atomic mass is 16.5. The smallest absolute Gasteiger partial charge is 0.159 e. The van der Waals surface area contributed by atoms with E-state index in [0.29, 0.717) is 0 Å². The maximum absolute atomic E-state index is 10.3. The van der Waals surface area contributed by atoms with Gasteiger partial charge < -0.3 is 15.2 Å². The molecule has 7 heteroatoms. The maximum Gasteiger partial charge on any atom is 0.159 e. The zero-order chi connectivity index (χ0) is 15.9. The van der Waals surface area contributed by atoms with Crippen molar-refractivity contribution in [3.8, 4) is 5.82 Å². The first-order valence-corrected chi connectivity index (χ1v) is 8.04. The predicted octanol–water partition coefficient (Wildman–Crippen LogP) is 1.31. The number of ether oxygens (including phenoxy) is 1. The van der Waals surface area contributed by atoms with E-state index in [1.165, 1.54) is 0 Å². The van der Waals surface area contributed by atoms with Crippen LogP contribution in [0.3, 0.4) is 0 Å². The van der Waals surface area contributed by atoms with Crippen LogP contribution in [0.4, 0.5) is 5.82 Å². The molecule has 2 aromatic rings. The fraction of sp³-hybridized carbons (Fsp3) is 0.562. The molecule has 7 nitrogen and oxygen atoms in total. The van der Waals surface area contributed by atoms with Crippen molar-refractivity contribution in [2.45, 2.75) is 38.3 Å². The number of aryl methyl sites for hydroxylation is 1. The molecule has 2 aliphatic rings. The van der Waals surface area contributed by atoms with Crippen LogP contribution < -0.4 is 5.32 Å². The molecule has 0 amide bonds. The number of hydrogen-bond acceptors (Lipinski definition) is 6. The van der Waals surface area contributed by atoms with Gasteiger partial charge in [0.15, 0.2) is 5.82 Å². The second-order valence-electron chi connectivity index (χ2n) is 6.40. The fourth-order valence-electron chi connectivity index (χ4n) is 3.74. The Bertz CT molecular complexity index is 695. The van der Waals surface area contributed by atoms with E-state index >= 15 is 0 Å². The lowest BCUT2D eigenvalue weighted by Crippen LogP contribution is -2.62. The first-order chi connectivity index (χ1) is 11.2. The number of nitrogens with one attached hydrogen (secondary N) is 1. The summed E-state index contributed by atoms with van der Waals surface area (Å²) in [6.45, 7) is 3.37. The largest absolute Gasteiger partial charge is 0.392 e. The van der Waals surface area contributed by atoms with Crippen molar-refractivity contribution in [3.63, 3.8) is 0 Å². The summed E-state index contributed by atoms with van der Waals surface area (Å²) in [7, 11) is 0. The van der Waals surface area contributed by atoms with Crippen molar-refractivity contribution in [3.05, 3.63) is 30.6 Å². The topological polar surface area (TPSA) is 85.1 Å². The van der Waals surface area contributed by atoms with Gasteiger partial charge in [-0.05, 0) is 26.2 Å². The number of aliphatic hydroxyl groups is 1. The van der Waals surface area contributed by atoms with E-state index in [1.54, 1.807) is 18.6 Å². The summed E-state index contributed by atoms with van der Waals surface area (Å²) in [5.41, 5.74) is -0.0825. The minimum absolute atomic E-state index is 0.0825. The summed E-state index contributed by atoms with van der Waals surface area (Å²) in [4.78, 5) is 13.1. The van der Waals surface area contributed by atoms with Crippen molar-refractivity contribution in [2.24, 2.45) is 5.41 Å². The fourth-order valence-corrected chi connectivity index (χ4v) is 3.74. The minimum atomic E-state index is -0.254. The molecule has 1 saturated heterocycles. The molecule has 0 radical (unpaired) electrons. The quantitative estimate of drug-likeness (QED) is 0.888. The van der Waals surface area contributed by atoms with Crippen LogP contribution >= 0.6 is 0 Å². The number of nitrogens with zero attached hydrogens (tertiary/aromatic N) is 4. The van der Waals surface area contributed by atoms with E-state index in [2.05, 4.69) is 20.3 Å².